The van der Waals surface area contributed by atoms with Gasteiger partial charge in [0.25, 0.3) is 0 Å². The predicted octanol–water partition coefficient (Wildman–Crippen LogP) is 1.10. The number of rotatable bonds is 0. The molecule has 0 aromatic heterocycles. The Bertz CT molecular complexity index is 150. The van der Waals surface area contributed by atoms with Crippen LogP contribution in [0.2, 0.25) is 0 Å². The van der Waals surface area contributed by atoms with Crippen LogP contribution in [0, 0.1) is 0 Å². The molecule has 2 nitrogen and oxygen atoms in total. The third-order valence-corrected chi connectivity index (χ3v) is 0.850. The van der Waals surface area contributed by atoms with Gasteiger partial charge in [-0.1, -0.05) is 0 Å². The number of hydrogen-bond acceptors (Lipinski definition) is 2. The zero-order valence-corrected chi connectivity index (χ0v) is 5.66. The Morgan fingerprint density at radius 3 is 1.22 bits per heavy atom. The Kier molecular flexibility index (Phi) is 3.13. The molecule has 0 aliphatic heterocycles. The van der Waals surface area contributed by atoms with Crippen molar-refractivity contribution >= 4 is 0 Å². The van der Waals surface area contributed by atoms with E-state index >= 15 is 0 Å². The summed E-state index contributed by atoms with van der Waals surface area (Å²) in [6, 6.07) is 5.70. The third-order valence-electron chi connectivity index (χ3n) is 0.850. The molecule has 0 fully saturated rings. The molecule has 0 aliphatic carbocycles. The number of aromatic hydroxyl groups is 2. The van der Waals surface area contributed by atoms with E-state index in [0.717, 1.165) is 0 Å². The first-order chi connectivity index (χ1) is 3.79. The fourth-order valence-corrected chi connectivity index (χ4v) is 0.453. The summed E-state index contributed by atoms with van der Waals surface area (Å²) in [5.74, 6) is 0.339. The fraction of sp³-hybridized carbons (Fsp3) is 0. The van der Waals surface area contributed by atoms with Gasteiger partial charge in [0, 0.05) is 17.1 Å². The molecule has 50 valence electrons. The number of phenolic OH excluding ortho intramolecular Hbond substituents is 2. The van der Waals surface area contributed by atoms with Crippen LogP contribution in [0.5, 0.6) is 11.5 Å². The average Bonchev–Trinajstić information content (AvgIpc) is 1.77. The van der Waals surface area contributed by atoms with Crippen LogP contribution in [-0.2, 0) is 17.1 Å². The van der Waals surface area contributed by atoms with E-state index in [2.05, 4.69) is 0 Å². The maximum absolute atomic E-state index is 8.65. The van der Waals surface area contributed by atoms with E-state index in [4.69, 9.17) is 10.2 Å². The molecule has 0 amide bonds. The van der Waals surface area contributed by atoms with Crippen molar-refractivity contribution in [3.8, 4) is 11.5 Å². The maximum atomic E-state index is 8.65. The van der Waals surface area contributed by atoms with Crippen LogP contribution in [0.4, 0.5) is 0 Å². The van der Waals surface area contributed by atoms with Crippen LogP contribution >= 0.6 is 0 Å². The minimum absolute atomic E-state index is 0. The van der Waals surface area contributed by atoms with Crippen LogP contribution in [0.3, 0.4) is 0 Å². The molecule has 0 saturated heterocycles. The minimum Gasteiger partial charge on any atom is -0.508 e. The van der Waals surface area contributed by atoms with Gasteiger partial charge in [-0.3, -0.25) is 0 Å². The van der Waals surface area contributed by atoms with E-state index in [1.165, 1.54) is 24.3 Å². The van der Waals surface area contributed by atoms with E-state index in [-0.39, 0.29) is 28.6 Å². The van der Waals surface area contributed by atoms with Gasteiger partial charge in [0.15, 0.2) is 0 Å². The van der Waals surface area contributed by atoms with Crippen LogP contribution in [-0.4, -0.2) is 10.2 Å². The molecule has 2 N–H and O–H groups in total. The molecule has 0 atom stereocenters. The van der Waals surface area contributed by atoms with Crippen molar-refractivity contribution < 1.29 is 27.3 Å². The first-order valence-corrected chi connectivity index (χ1v) is 2.27. The van der Waals surface area contributed by atoms with Crippen molar-refractivity contribution in [1.29, 1.82) is 0 Å². The van der Waals surface area contributed by atoms with E-state index in [1.54, 1.807) is 0 Å². The van der Waals surface area contributed by atoms with Crippen LogP contribution in [0.1, 0.15) is 0 Å². The Balaban J connectivity index is 0.000000640. The first-order valence-electron chi connectivity index (χ1n) is 2.27. The molecule has 0 saturated carbocycles. The standard InChI is InChI=1S/C6H6O2.Fe/c7-5-1-2-6(8)4-3-5;/h1-4,7-8H;. The van der Waals surface area contributed by atoms with E-state index in [9.17, 15) is 0 Å². The molecule has 0 unspecified atom stereocenters. The quantitative estimate of drug-likeness (QED) is 0.447. The zero-order valence-electron chi connectivity index (χ0n) is 4.56. The van der Waals surface area contributed by atoms with Gasteiger partial charge in [0.05, 0.1) is 0 Å². The third kappa shape index (κ3) is 2.40. The minimum atomic E-state index is 0. The van der Waals surface area contributed by atoms with Crippen LogP contribution in [0.15, 0.2) is 24.3 Å². The Hall–Kier alpha value is -0.661. The molecular weight excluding hydrogens is 160 g/mol. The SMILES string of the molecule is Oc1ccc(O)cc1.[Fe]. The van der Waals surface area contributed by atoms with Crippen LogP contribution < -0.4 is 0 Å². The Morgan fingerprint density at radius 2 is 1.00 bits per heavy atom. The van der Waals surface area contributed by atoms with Gasteiger partial charge in [-0.05, 0) is 24.3 Å². The van der Waals surface area contributed by atoms with Gasteiger partial charge >= 0.3 is 0 Å². The average molecular weight is 166 g/mol. The summed E-state index contributed by atoms with van der Waals surface area (Å²) in [7, 11) is 0. The summed E-state index contributed by atoms with van der Waals surface area (Å²) < 4.78 is 0. The number of benzene rings is 1. The van der Waals surface area contributed by atoms with Gasteiger partial charge in [0.1, 0.15) is 11.5 Å². The summed E-state index contributed by atoms with van der Waals surface area (Å²) in [4.78, 5) is 0. The number of hydrogen-bond donors (Lipinski definition) is 2. The zero-order chi connectivity index (χ0) is 5.98. The molecule has 1 rings (SSSR count). The van der Waals surface area contributed by atoms with Crippen molar-refractivity contribution in [2.45, 2.75) is 0 Å². The van der Waals surface area contributed by atoms with Gasteiger partial charge in [0.2, 0.25) is 0 Å². The summed E-state index contributed by atoms with van der Waals surface area (Å²) in [6.45, 7) is 0. The maximum Gasteiger partial charge on any atom is 0.115 e. The Labute approximate surface area is 63.6 Å². The summed E-state index contributed by atoms with van der Waals surface area (Å²) in [5.41, 5.74) is 0. The smallest absolute Gasteiger partial charge is 0.115 e. The second-order valence-electron chi connectivity index (χ2n) is 1.52. The van der Waals surface area contributed by atoms with Crippen molar-refractivity contribution in [1.82, 2.24) is 0 Å². The summed E-state index contributed by atoms with van der Waals surface area (Å²) in [5, 5.41) is 17.3. The molecule has 0 aliphatic rings. The molecule has 1 aromatic rings. The normalized spacial score (nSPS) is 8.00. The monoisotopic (exact) mass is 166 g/mol. The molecule has 3 heteroatoms. The molecule has 0 radical (unpaired) electrons. The second-order valence-corrected chi connectivity index (χ2v) is 1.52. The number of phenols is 2. The van der Waals surface area contributed by atoms with E-state index in [1.807, 2.05) is 0 Å². The van der Waals surface area contributed by atoms with Crippen molar-refractivity contribution in [3.05, 3.63) is 24.3 Å². The van der Waals surface area contributed by atoms with Crippen molar-refractivity contribution in [2.24, 2.45) is 0 Å². The van der Waals surface area contributed by atoms with Gasteiger partial charge < -0.3 is 10.2 Å². The van der Waals surface area contributed by atoms with Crippen molar-refractivity contribution in [2.75, 3.05) is 0 Å². The molecule has 9 heavy (non-hydrogen) atoms. The second kappa shape index (κ2) is 3.38. The van der Waals surface area contributed by atoms with Gasteiger partial charge in [-0.25, -0.2) is 0 Å². The summed E-state index contributed by atoms with van der Waals surface area (Å²) >= 11 is 0. The predicted molar refractivity (Wildman–Crippen MR) is 29.8 cm³/mol. The largest absolute Gasteiger partial charge is 0.508 e. The topological polar surface area (TPSA) is 40.5 Å². The molecule has 0 spiro atoms. The molecule has 1 aromatic carbocycles. The molecule has 0 bridgehead atoms. The Morgan fingerprint density at radius 1 is 0.778 bits per heavy atom. The molecule has 0 heterocycles. The fourth-order valence-electron chi connectivity index (χ4n) is 0.453. The van der Waals surface area contributed by atoms with Crippen molar-refractivity contribution in [3.63, 3.8) is 0 Å². The summed E-state index contributed by atoms with van der Waals surface area (Å²) in [6.07, 6.45) is 0. The van der Waals surface area contributed by atoms with E-state index in [0.29, 0.717) is 0 Å². The van der Waals surface area contributed by atoms with Crippen LogP contribution in [0.25, 0.3) is 0 Å². The van der Waals surface area contributed by atoms with Gasteiger partial charge in [-0.15, -0.1) is 0 Å². The molecular formula is C6H6FeO2. The van der Waals surface area contributed by atoms with E-state index < -0.39 is 0 Å². The van der Waals surface area contributed by atoms with Gasteiger partial charge in [-0.2, -0.15) is 0 Å². The first kappa shape index (κ1) is 8.34.